The average Bonchev–Trinajstić information content (AvgIpc) is 2.83. The number of carbonyl (C=O) groups excluding carboxylic acids is 1. The van der Waals surface area contributed by atoms with Gasteiger partial charge < -0.3 is 24.0 Å². The molecule has 132 valence electrons. The maximum absolute atomic E-state index is 12.9. The van der Waals surface area contributed by atoms with Gasteiger partial charge in [0.15, 0.2) is 0 Å². The quantitative estimate of drug-likeness (QED) is 0.815. The minimum absolute atomic E-state index is 0.164. The van der Waals surface area contributed by atoms with Gasteiger partial charge in [0.05, 0.1) is 32.6 Å². The number of ether oxygens (including phenoxy) is 3. The number of benzene rings is 1. The van der Waals surface area contributed by atoms with Crippen molar-refractivity contribution in [2.45, 2.75) is 6.42 Å². The first-order chi connectivity index (χ1) is 11.7. The summed E-state index contributed by atoms with van der Waals surface area (Å²) >= 11 is 0. The molecule has 0 saturated carbocycles. The van der Waals surface area contributed by atoms with Crippen molar-refractivity contribution in [3.05, 3.63) is 24.3 Å². The molecule has 0 unspecified atom stereocenters. The third-order valence-corrected chi connectivity index (χ3v) is 4.84. The van der Waals surface area contributed by atoms with Crippen LogP contribution >= 0.6 is 0 Å². The van der Waals surface area contributed by atoms with Crippen LogP contribution in [0.15, 0.2) is 24.3 Å². The van der Waals surface area contributed by atoms with E-state index in [4.69, 9.17) is 14.2 Å². The Bertz CT molecular complexity index is 574. The van der Waals surface area contributed by atoms with Crippen molar-refractivity contribution < 1.29 is 19.0 Å². The van der Waals surface area contributed by atoms with E-state index >= 15 is 0 Å². The molecule has 0 aromatic heterocycles. The second-order valence-electron chi connectivity index (χ2n) is 6.51. The molecule has 2 aliphatic rings. The van der Waals surface area contributed by atoms with Crippen LogP contribution in [0.25, 0.3) is 0 Å². The Morgan fingerprint density at radius 2 is 1.96 bits per heavy atom. The number of anilines is 1. The van der Waals surface area contributed by atoms with Crippen LogP contribution in [0.4, 0.5) is 5.69 Å². The smallest absolute Gasteiger partial charge is 0.235 e. The molecule has 0 radical (unpaired) electrons. The minimum atomic E-state index is -0.478. The molecule has 0 N–H and O–H groups in total. The maximum atomic E-state index is 12.9. The largest absolute Gasteiger partial charge is 0.495 e. The van der Waals surface area contributed by atoms with E-state index in [1.54, 1.807) is 14.2 Å². The second-order valence-corrected chi connectivity index (χ2v) is 6.51. The summed E-state index contributed by atoms with van der Waals surface area (Å²) in [7, 11) is 3.33. The van der Waals surface area contributed by atoms with Crippen molar-refractivity contribution in [1.82, 2.24) is 4.90 Å². The van der Waals surface area contributed by atoms with Gasteiger partial charge in [-0.15, -0.1) is 0 Å². The first-order valence-corrected chi connectivity index (χ1v) is 8.44. The van der Waals surface area contributed by atoms with E-state index in [2.05, 4.69) is 11.0 Å². The fraction of sp³-hybridized carbons (Fsp3) is 0.611. The van der Waals surface area contributed by atoms with Crippen LogP contribution in [0.2, 0.25) is 0 Å². The van der Waals surface area contributed by atoms with Crippen molar-refractivity contribution in [3.63, 3.8) is 0 Å². The van der Waals surface area contributed by atoms with Gasteiger partial charge in [-0.1, -0.05) is 12.1 Å². The Balaban J connectivity index is 1.68. The highest BCUT2D eigenvalue weighted by Gasteiger charge is 2.48. The minimum Gasteiger partial charge on any atom is -0.495 e. The Labute approximate surface area is 143 Å². The fourth-order valence-corrected chi connectivity index (χ4v) is 3.48. The molecule has 1 aromatic carbocycles. The highest BCUT2D eigenvalue weighted by Crippen LogP contribution is 2.32. The van der Waals surface area contributed by atoms with Crippen LogP contribution in [0, 0.1) is 5.41 Å². The van der Waals surface area contributed by atoms with E-state index in [1.807, 2.05) is 23.1 Å². The molecule has 0 spiro atoms. The number of amides is 1. The Hall–Kier alpha value is -1.79. The molecular formula is C18H26N2O4. The summed E-state index contributed by atoms with van der Waals surface area (Å²) in [6, 6.07) is 8.04. The number of methoxy groups -OCH3 is 2. The zero-order valence-corrected chi connectivity index (χ0v) is 14.5. The van der Waals surface area contributed by atoms with E-state index < -0.39 is 5.41 Å². The van der Waals surface area contributed by atoms with E-state index in [1.165, 1.54) is 0 Å². The van der Waals surface area contributed by atoms with Gasteiger partial charge in [0, 0.05) is 33.3 Å². The lowest BCUT2D eigenvalue weighted by Gasteiger charge is -2.42. The number of hydrogen-bond donors (Lipinski definition) is 0. The van der Waals surface area contributed by atoms with Crippen molar-refractivity contribution in [2.24, 2.45) is 5.41 Å². The zero-order valence-electron chi connectivity index (χ0n) is 14.5. The number of carbonyl (C=O) groups is 1. The third-order valence-electron chi connectivity index (χ3n) is 4.84. The van der Waals surface area contributed by atoms with Gasteiger partial charge in [0.25, 0.3) is 0 Å². The molecule has 0 bridgehead atoms. The third kappa shape index (κ3) is 3.21. The van der Waals surface area contributed by atoms with Crippen LogP contribution in [0.5, 0.6) is 5.75 Å². The topological polar surface area (TPSA) is 51.2 Å². The molecule has 3 rings (SSSR count). The van der Waals surface area contributed by atoms with Crippen LogP contribution < -0.4 is 9.64 Å². The van der Waals surface area contributed by atoms with Gasteiger partial charge in [0.1, 0.15) is 11.2 Å². The lowest BCUT2D eigenvalue weighted by Crippen LogP contribution is -2.58. The summed E-state index contributed by atoms with van der Waals surface area (Å²) in [6.45, 7) is 4.56. The monoisotopic (exact) mass is 334 g/mol. The summed E-state index contributed by atoms with van der Waals surface area (Å²) in [6.07, 6.45) is 0.938. The Morgan fingerprint density at radius 1 is 1.17 bits per heavy atom. The molecule has 0 atom stereocenters. The van der Waals surface area contributed by atoms with Crippen LogP contribution in [0.1, 0.15) is 6.42 Å². The molecule has 6 heteroatoms. The van der Waals surface area contributed by atoms with Crippen molar-refractivity contribution in [2.75, 3.05) is 65.1 Å². The summed E-state index contributed by atoms with van der Waals surface area (Å²) in [5.74, 6) is 1.04. The van der Waals surface area contributed by atoms with E-state index in [0.29, 0.717) is 26.4 Å². The number of hydrogen-bond acceptors (Lipinski definition) is 5. The molecular weight excluding hydrogens is 308 g/mol. The van der Waals surface area contributed by atoms with Crippen LogP contribution in [0.3, 0.4) is 0 Å². The normalized spacial score (nSPS) is 20.2. The second kappa shape index (κ2) is 7.40. The van der Waals surface area contributed by atoms with Crippen molar-refractivity contribution >= 4 is 11.6 Å². The first-order valence-electron chi connectivity index (χ1n) is 8.44. The highest BCUT2D eigenvalue weighted by molar-refractivity contribution is 5.84. The van der Waals surface area contributed by atoms with Gasteiger partial charge in [-0.3, -0.25) is 4.79 Å². The summed E-state index contributed by atoms with van der Waals surface area (Å²) < 4.78 is 16.0. The van der Waals surface area contributed by atoms with E-state index in [9.17, 15) is 4.79 Å². The van der Waals surface area contributed by atoms with E-state index in [0.717, 1.165) is 37.5 Å². The standard InChI is InChI=1S/C18H26N2O4/c1-22-12-18(13-24-14-18)17(21)20-9-5-8-19(10-11-20)15-6-3-4-7-16(15)23-2/h3-4,6-7H,5,8-14H2,1-2H3. The summed E-state index contributed by atoms with van der Waals surface area (Å²) in [5.41, 5.74) is 0.613. The molecule has 1 aromatic rings. The predicted molar refractivity (Wildman–Crippen MR) is 91.5 cm³/mol. The molecule has 0 aliphatic carbocycles. The number of para-hydroxylation sites is 2. The predicted octanol–water partition coefficient (Wildman–Crippen LogP) is 1.40. The molecule has 1 amide bonds. The van der Waals surface area contributed by atoms with Crippen molar-refractivity contribution in [3.8, 4) is 5.75 Å². The first kappa shape index (κ1) is 17.0. The Morgan fingerprint density at radius 3 is 2.62 bits per heavy atom. The average molecular weight is 334 g/mol. The van der Waals surface area contributed by atoms with Crippen molar-refractivity contribution in [1.29, 1.82) is 0 Å². The van der Waals surface area contributed by atoms with Gasteiger partial charge in [-0.2, -0.15) is 0 Å². The fourth-order valence-electron chi connectivity index (χ4n) is 3.48. The van der Waals surface area contributed by atoms with Gasteiger partial charge >= 0.3 is 0 Å². The van der Waals surface area contributed by atoms with Crippen LogP contribution in [-0.2, 0) is 14.3 Å². The summed E-state index contributed by atoms with van der Waals surface area (Å²) in [4.78, 5) is 17.2. The number of rotatable bonds is 5. The molecule has 2 fully saturated rings. The lowest BCUT2D eigenvalue weighted by atomic mass is 9.85. The van der Waals surface area contributed by atoms with E-state index in [-0.39, 0.29) is 5.91 Å². The molecule has 2 aliphatic heterocycles. The van der Waals surface area contributed by atoms with Gasteiger partial charge in [0.2, 0.25) is 5.91 Å². The van der Waals surface area contributed by atoms with Gasteiger partial charge in [-0.25, -0.2) is 0 Å². The SMILES string of the molecule is COCC1(C(=O)N2CCCN(c3ccccc3OC)CC2)COC1. The molecule has 2 saturated heterocycles. The lowest BCUT2D eigenvalue weighted by molar-refractivity contribution is -0.182. The zero-order chi connectivity index (χ0) is 17.0. The Kier molecular flexibility index (Phi) is 5.26. The number of nitrogens with zero attached hydrogens (tertiary/aromatic N) is 2. The molecule has 2 heterocycles. The summed E-state index contributed by atoms with van der Waals surface area (Å²) in [5, 5.41) is 0. The maximum Gasteiger partial charge on any atom is 0.235 e. The van der Waals surface area contributed by atoms with Crippen LogP contribution in [-0.4, -0.2) is 71.0 Å². The highest BCUT2D eigenvalue weighted by atomic mass is 16.5. The molecule has 24 heavy (non-hydrogen) atoms. The van der Waals surface area contributed by atoms with Gasteiger partial charge in [-0.05, 0) is 18.6 Å². The molecule has 6 nitrogen and oxygen atoms in total.